The fraction of sp³-hybridized carbons (Fsp3) is 0.750. The third-order valence-corrected chi connectivity index (χ3v) is 3.54. The Morgan fingerprint density at radius 1 is 1.50 bits per heavy atom. The zero-order chi connectivity index (χ0) is 11.4. The van der Waals surface area contributed by atoms with Crippen LogP contribution in [0, 0.1) is 5.41 Å². The summed E-state index contributed by atoms with van der Waals surface area (Å²) in [5.41, 5.74) is 0.412. The van der Waals surface area contributed by atoms with Crippen molar-refractivity contribution in [2.75, 3.05) is 25.0 Å². The fourth-order valence-corrected chi connectivity index (χ4v) is 2.23. The quantitative estimate of drug-likeness (QED) is 0.815. The van der Waals surface area contributed by atoms with E-state index in [2.05, 4.69) is 34.0 Å². The summed E-state index contributed by atoms with van der Waals surface area (Å²) in [4.78, 5) is 4.34. The number of piperidine rings is 1. The lowest BCUT2D eigenvalue weighted by Gasteiger charge is -2.34. The van der Waals surface area contributed by atoms with Gasteiger partial charge in [0.2, 0.25) is 5.95 Å². The molecular weight excluding hydrogens is 200 g/mol. The summed E-state index contributed by atoms with van der Waals surface area (Å²) in [5.74, 6) is 1.00. The van der Waals surface area contributed by atoms with Gasteiger partial charge in [0, 0.05) is 25.5 Å². The second-order valence-corrected chi connectivity index (χ2v) is 4.95. The molecule has 1 aliphatic rings. The van der Waals surface area contributed by atoms with Gasteiger partial charge in [-0.2, -0.15) is 0 Å². The van der Waals surface area contributed by atoms with Crippen LogP contribution in [0.15, 0.2) is 12.4 Å². The minimum Gasteiger partial charge on any atom is -0.355 e. The van der Waals surface area contributed by atoms with Crippen LogP contribution in [0.1, 0.15) is 26.7 Å². The highest BCUT2D eigenvalue weighted by molar-refractivity contribution is 5.26. The van der Waals surface area contributed by atoms with Crippen molar-refractivity contribution in [3.8, 4) is 0 Å². The Morgan fingerprint density at radius 3 is 2.94 bits per heavy atom. The van der Waals surface area contributed by atoms with Crippen molar-refractivity contribution in [3.05, 3.63) is 12.4 Å². The van der Waals surface area contributed by atoms with Crippen LogP contribution >= 0.6 is 0 Å². The molecule has 0 aliphatic carbocycles. The highest BCUT2D eigenvalue weighted by Crippen LogP contribution is 2.27. The molecule has 1 aromatic heterocycles. The van der Waals surface area contributed by atoms with E-state index < -0.39 is 0 Å². The van der Waals surface area contributed by atoms with E-state index in [0.717, 1.165) is 32.1 Å². The molecule has 0 unspecified atom stereocenters. The fourth-order valence-electron chi connectivity index (χ4n) is 2.23. The molecule has 1 aromatic rings. The number of nitrogens with zero attached hydrogens (tertiary/aromatic N) is 2. The topological polar surface area (TPSA) is 41.9 Å². The Balaban J connectivity index is 1.91. The number of aryl methyl sites for hydroxylation is 1. The SMILES string of the molecule is CCn1ccnc1NCC1(C)CCNCC1. The van der Waals surface area contributed by atoms with Crippen LogP contribution in [-0.4, -0.2) is 29.2 Å². The standard InChI is InChI=1S/C12H22N4/c1-3-16-9-8-14-11(16)15-10-12(2)4-6-13-7-5-12/h8-9,13H,3-7,10H2,1-2H3,(H,14,15). The zero-order valence-electron chi connectivity index (χ0n) is 10.3. The van der Waals surface area contributed by atoms with Gasteiger partial charge in [-0.15, -0.1) is 0 Å². The molecule has 0 amide bonds. The highest BCUT2D eigenvalue weighted by Gasteiger charge is 2.26. The first-order chi connectivity index (χ1) is 7.73. The van der Waals surface area contributed by atoms with Crippen LogP contribution in [0.2, 0.25) is 0 Å². The van der Waals surface area contributed by atoms with Crippen molar-refractivity contribution < 1.29 is 0 Å². The Bertz CT molecular complexity index is 326. The van der Waals surface area contributed by atoms with Crippen molar-refractivity contribution in [3.63, 3.8) is 0 Å². The summed E-state index contributed by atoms with van der Waals surface area (Å²) in [5, 5.41) is 6.89. The maximum Gasteiger partial charge on any atom is 0.202 e. The van der Waals surface area contributed by atoms with Crippen LogP contribution in [0.3, 0.4) is 0 Å². The second-order valence-electron chi connectivity index (χ2n) is 4.95. The molecule has 4 heteroatoms. The van der Waals surface area contributed by atoms with E-state index in [1.54, 1.807) is 0 Å². The lowest BCUT2D eigenvalue weighted by atomic mass is 9.81. The number of hydrogen-bond acceptors (Lipinski definition) is 3. The van der Waals surface area contributed by atoms with Gasteiger partial charge >= 0.3 is 0 Å². The summed E-state index contributed by atoms with van der Waals surface area (Å²) in [6.45, 7) is 8.77. The predicted octanol–water partition coefficient (Wildman–Crippen LogP) is 1.70. The minimum atomic E-state index is 0.412. The first kappa shape index (κ1) is 11.5. The summed E-state index contributed by atoms with van der Waals surface area (Å²) in [6.07, 6.45) is 6.36. The molecule has 1 fully saturated rings. The Hall–Kier alpha value is -1.03. The van der Waals surface area contributed by atoms with Crippen molar-refractivity contribution in [2.45, 2.75) is 33.2 Å². The molecule has 2 rings (SSSR count). The van der Waals surface area contributed by atoms with E-state index in [-0.39, 0.29) is 0 Å². The normalized spacial score (nSPS) is 19.6. The molecule has 2 heterocycles. The van der Waals surface area contributed by atoms with Crippen LogP contribution in [0.4, 0.5) is 5.95 Å². The second kappa shape index (κ2) is 4.87. The Kier molecular flexibility index (Phi) is 3.49. The zero-order valence-corrected chi connectivity index (χ0v) is 10.3. The lowest BCUT2D eigenvalue weighted by molar-refractivity contribution is 0.246. The van der Waals surface area contributed by atoms with Crippen LogP contribution in [-0.2, 0) is 6.54 Å². The van der Waals surface area contributed by atoms with Gasteiger partial charge in [0.1, 0.15) is 0 Å². The number of rotatable bonds is 4. The van der Waals surface area contributed by atoms with Crippen molar-refractivity contribution in [1.82, 2.24) is 14.9 Å². The van der Waals surface area contributed by atoms with E-state index in [1.165, 1.54) is 12.8 Å². The third-order valence-electron chi connectivity index (χ3n) is 3.54. The largest absolute Gasteiger partial charge is 0.355 e. The molecule has 1 saturated heterocycles. The molecule has 0 spiro atoms. The average molecular weight is 222 g/mol. The van der Waals surface area contributed by atoms with Crippen molar-refractivity contribution in [1.29, 1.82) is 0 Å². The van der Waals surface area contributed by atoms with Gasteiger partial charge in [-0.3, -0.25) is 0 Å². The van der Waals surface area contributed by atoms with Crippen molar-refractivity contribution in [2.24, 2.45) is 5.41 Å². The highest BCUT2D eigenvalue weighted by atomic mass is 15.2. The minimum absolute atomic E-state index is 0.412. The van der Waals surface area contributed by atoms with Gasteiger partial charge in [-0.1, -0.05) is 6.92 Å². The predicted molar refractivity (Wildman–Crippen MR) is 66.6 cm³/mol. The molecule has 4 nitrogen and oxygen atoms in total. The van der Waals surface area contributed by atoms with E-state index in [1.807, 2.05) is 12.4 Å². The molecule has 1 aliphatic heterocycles. The molecule has 0 bridgehead atoms. The van der Waals surface area contributed by atoms with Gasteiger partial charge in [-0.25, -0.2) is 4.98 Å². The molecule has 2 N–H and O–H groups in total. The number of nitrogens with one attached hydrogen (secondary N) is 2. The summed E-state index contributed by atoms with van der Waals surface area (Å²) in [7, 11) is 0. The first-order valence-corrected chi connectivity index (χ1v) is 6.19. The molecule has 0 saturated carbocycles. The number of imidazole rings is 1. The number of anilines is 1. The van der Waals surface area contributed by atoms with E-state index in [0.29, 0.717) is 5.41 Å². The summed E-state index contributed by atoms with van der Waals surface area (Å²) < 4.78 is 2.14. The molecule has 0 radical (unpaired) electrons. The van der Waals surface area contributed by atoms with Crippen LogP contribution in [0.25, 0.3) is 0 Å². The maximum absolute atomic E-state index is 4.34. The number of aromatic nitrogens is 2. The smallest absolute Gasteiger partial charge is 0.202 e. The van der Waals surface area contributed by atoms with E-state index in [9.17, 15) is 0 Å². The van der Waals surface area contributed by atoms with Crippen LogP contribution in [0.5, 0.6) is 0 Å². The summed E-state index contributed by atoms with van der Waals surface area (Å²) >= 11 is 0. The number of hydrogen-bond donors (Lipinski definition) is 2. The monoisotopic (exact) mass is 222 g/mol. The van der Waals surface area contributed by atoms with Gasteiger partial charge in [-0.05, 0) is 38.3 Å². The Labute approximate surface area is 97.4 Å². The molecular formula is C12H22N4. The molecule has 0 atom stereocenters. The maximum atomic E-state index is 4.34. The Morgan fingerprint density at radius 2 is 2.25 bits per heavy atom. The van der Waals surface area contributed by atoms with Gasteiger partial charge in [0.05, 0.1) is 0 Å². The van der Waals surface area contributed by atoms with Crippen molar-refractivity contribution >= 4 is 5.95 Å². The molecule has 90 valence electrons. The van der Waals surface area contributed by atoms with Gasteiger partial charge in [0.25, 0.3) is 0 Å². The first-order valence-electron chi connectivity index (χ1n) is 6.19. The third kappa shape index (κ3) is 2.55. The summed E-state index contributed by atoms with van der Waals surface area (Å²) in [6, 6.07) is 0. The molecule has 16 heavy (non-hydrogen) atoms. The van der Waals surface area contributed by atoms with Crippen LogP contribution < -0.4 is 10.6 Å². The average Bonchev–Trinajstić information content (AvgIpc) is 2.75. The molecule has 0 aromatic carbocycles. The van der Waals surface area contributed by atoms with Gasteiger partial charge < -0.3 is 15.2 Å². The lowest BCUT2D eigenvalue weighted by Crippen LogP contribution is -2.39. The van der Waals surface area contributed by atoms with E-state index >= 15 is 0 Å². The van der Waals surface area contributed by atoms with Gasteiger partial charge in [0.15, 0.2) is 0 Å². The van der Waals surface area contributed by atoms with E-state index in [4.69, 9.17) is 0 Å².